The second-order valence-electron chi connectivity index (χ2n) is 5.89. The second-order valence-corrected chi connectivity index (χ2v) is 5.89. The summed E-state index contributed by atoms with van der Waals surface area (Å²) in [5.41, 5.74) is 7.37. The van der Waals surface area contributed by atoms with Crippen LogP contribution < -0.4 is 5.73 Å². The monoisotopic (exact) mass is 293 g/mol. The number of benzene rings is 1. The summed E-state index contributed by atoms with van der Waals surface area (Å²) in [5.74, 6) is 0. The average Bonchev–Trinajstić information content (AvgIpc) is 2.47. The minimum Gasteiger partial charge on any atom is -0.390 e. The molecule has 1 aromatic carbocycles. The van der Waals surface area contributed by atoms with Gasteiger partial charge in [0.2, 0.25) is 0 Å². The number of nitrogens with two attached hydrogens (primary N) is 1. The van der Waals surface area contributed by atoms with Gasteiger partial charge in [-0.2, -0.15) is 0 Å². The van der Waals surface area contributed by atoms with Gasteiger partial charge in [0.05, 0.1) is 18.8 Å². The maximum atomic E-state index is 10.7. The zero-order chi connectivity index (χ0) is 15.6. The van der Waals surface area contributed by atoms with E-state index in [2.05, 4.69) is 38.1 Å². The SMILES string of the molecule is CCCC(O)(CCC)CCc1cccc(COCCN)c1. The van der Waals surface area contributed by atoms with Crippen LogP contribution in [-0.4, -0.2) is 23.9 Å². The van der Waals surface area contributed by atoms with E-state index in [1.807, 2.05) is 0 Å². The fourth-order valence-corrected chi connectivity index (χ4v) is 2.83. The van der Waals surface area contributed by atoms with E-state index >= 15 is 0 Å². The van der Waals surface area contributed by atoms with Crippen LogP contribution >= 0.6 is 0 Å². The smallest absolute Gasteiger partial charge is 0.0717 e. The fourth-order valence-electron chi connectivity index (χ4n) is 2.83. The summed E-state index contributed by atoms with van der Waals surface area (Å²) in [6.07, 6.45) is 5.59. The molecule has 120 valence electrons. The Balaban J connectivity index is 2.55. The van der Waals surface area contributed by atoms with Crippen LogP contribution in [0.3, 0.4) is 0 Å². The third-order valence-electron chi connectivity index (χ3n) is 3.83. The van der Waals surface area contributed by atoms with Crippen molar-refractivity contribution in [3.05, 3.63) is 35.4 Å². The minimum atomic E-state index is -0.504. The van der Waals surface area contributed by atoms with Gasteiger partial charge in [-0.25, -0.2) is 0 Å². The van der Waals surface area contributed by atoms with Crippen molar-refractivity contribution in [1.82, 2.24) is 0 Å². The molecule has 0 aliphatic carbocycles. The predicted octanol–water partition coefficient (Wildman–Crippen LogP) is 3.43. The molecule has 0 fully saturated rings. The number of ether oxygens (including phenoxy) is 1. The number of aliphatic hydroxyl groups is 1. The first-order chi connectivity index (χ1) is 10.1. The van der Waals surface area contributed by atoms with Crippen LogP contribution in [0, 0.1) is 0 Å². The van der Waals surface area contributed by atoms with E-state index in [4.69, 9.17) is 10.5 Å². The zero-order valence-electron chi connectivity index (χ0n) is 13.6. The lowest BCUT2D eigenvalue weighted by atomic mass is 9.86. The van der Waals surface area contributed by atoms with Gasteiger partial charge in [-0.05, 0) is 36.8 Å². The number of rotatable bonds is 11. The Bertz CT molecular complexity index is 387. The maximum absolute atomic E-state index is 10.7. The molecular formula is C18H31NO2. The highest BCUT2D eigenvalue weighted by atomic mass is 16.5. The highest BCUT2D eigenvalue weighted by Gasteiger charge is 2.24. The summed E-state index contributed by atoms with van der Waals surface area (Å²) < 4.78 is 5.47. The van der Waals surface area contributed by atoms with Gasteiger partial charge in [-0.3, -0.25) is 0 Å². The Kier molecular flexibility index (Phi) is 8.58. The lowest BCUT2D eigenvalue weighted by molar-refractivity contribution is 0.0132. The molecule has 0 bridgehead atoms. The summed E-state index contributed by atoms with van der Waals surface area (Å²) >= 11 is 0. The van der Waals surface area contributed by atoms with Crippen LogP contribution in [0.15, 0.2) is 24.3 Å². The molecule has 0 unspecified atom stereocenters. The Morgan fingerprint density at radius 3 is 2.38 bits per heavy atom. The van der Waals surface area contributed by atoms with Crippen molar-refractivity contribution < 1.29 is 9.84 Å². The van der Waals surface area contributed by atoms with Crippen LogP contribution in [0.25, 0.3) is 0 Å². The number of hydrogen-bond donors (Lipinski definition) is 2. The van der Waals surface area contributed by atoms with Gasteiger partial charge in [0, 0.05) is 6.54 Å². The molecule has 0 saturated carbocycles. The molecule has 1 rings (SSSR count). The van der Waals surface area contributed by atoms with Gasteiger partial charge in [0.15, 0.2) is 0 Å². The van der Waals surface area contributed by atoms with Crippen molar-refractivity contribution in [2.24, 2.45) is 5.73 Å². The van der Waals surface area contributed by atoms with Gasteiger partial charge in [-0.15, -0.1) is 0 Å². The van der Waals surface area contributed by atoms with Crippen molar-refractivity contribution >= 4 is 0 Å². The van der Waals surface area contributed by atoms with Crippen LogP contribution in [0.2, 0.25) is 0 Å². The Morgan fingerprint density at radius 2 is 1.76 bits per heavy atom. The molecule has 21 heavy (non-hydrogen) atoms. The van der Waals surface area contributed by atoms with Crippen molar-refractivity contribution in [3.8, 4) is 0 Å². The van der Waals surface area contributed by atoms with Crippen LogP contribution in [0.1, 0.15) is 57.1 Å². The first kappa shape index (κ1) is 18.1. The van der Waals surface area contributed by atoms with Crippen molar-refractivity contribution in [3.63, 3.8) is 0 Å². The van der Waals surface area contributed by atoms with Gasteiger partial charge < -0.3 is 15.6 Å². The Labute approximate surface area is 129 Å². The maximum Gasteiger partial charge on any atom is 0.0717 e. The largest absolute Gasteiger partial charge is 0.390 e. The Morgan fingerprint density at radius 1 is 1.10 bits per heavy atom. The van der Waals surface area contributed by atoms with Crippen molar-refractivity contribution in [2.75, 3.05) is 13.2 Å². The summed E-state index contributed by atoms with van der Waals surface area (Å²) in [6, 6.07) is 8.44. The summed E-state index contributed by atoms with van der Waals surface area (Å²) in [5, 5.41) is 10.7. The normalized spacial score (nSPS) is 11.8. The first-order valence-corrected chi connectivity index (χ1v) is 8.21. The summed E-state index contributed by atoms with van der Waals surface area (Å²) in [6.45, 7) is 6.03. The second kappa shape index (κ2) is 9.93. The molecule has 0 aliphatic heterocycles. The average molecular weight is 293 g/mol. The zero-order valence-corrected chi connectivity index (χ0v) is 13.6. The lowest BCUT2D eigenvalue weighted by Crippen LogP contribution is -2.28. The van der Waals surface area contributed by atoms with E-state index in [9.17, 15) is 5.11 Å². The molecule has 0 atom stereocenters. The standard InChI is InChI=1S/C18H31NO2/c1-3-9-18(20,10-4-2)11-8-16-6-5-7-17(14-16)15-21-13-12-19/h5-7,14,20H,3-4,8-13,15,19H2,1-2H3. The van der Waals surface area contributed by atoms with Gasteiger partial charge in [0.25, 0.3) is 0 Å². The fraction of sp³-hybridized carbons (Fsp3) is 0.667. The van der Waals surface area contributed by atoms with E-state index < -0.39 is 5.60 Å². The molecule has 0 aromatic heterocycles. The van der Waals surface area contributed by atoms with Gasteiger partial charge >= 0.3 is 0 Å². The van der Waals surface area contributed by atoms with E-state index in [0.29, 0.717) is 19.8 Å². The molecule has 0 spiro atoms. The Hall–Kier alpha value is -0.900. The molecule has 0 heterocycles. The van der Waals surface area contributed by atoms with E-state index in [1.165, 1.54) is 11.1 Å². The molecule has 0 saturated heterocycles. The first-order valence-electron chi connectivity index (χ1n) is 8.21. The third kappa shape index (κ3) is 7.07. The highest BCUT2D eigenvalue weighted by Crippen LogP contribution is 2.25. The number of hydrogen-bond acceptors (Lipinski definition) is 3. The summed E-state index contributed by atoms with van der Waals surface area (Å²) in [7, 11) is 0. The molecule has 3 N–H and O–H groups in total. The van der Waals surface area contributed by atoms with Crippen LogP contribution in [0.5, 0.6) is 0 Å². The van der Waals surface area contributed by atoms with Crippen LogP contribution in [-0.2, 0) is 17.8 Å². The number of aryl methyl sites for hydroxylation is 1. The van der Waals surface area contributed by atoms with E-state index in [0.717, 1.165) is 38.5 Å². The molecule has 3 heteroatoms. The van der Waals surface area contributed by atoms with E-state index in [1.54, 1.807) is 0 Å². The predicted molar refractivity (Wildman–Crippen MR) is 88.2 cm³/mol. The molecule has 0 radical (unpaired) electrons. The van der Waals surface area contributed by atoms with Gasteiger partial charge in [0.1, 0.15) is 0 Å². The van der Waals surface area contributed by atoms with Crippen molar-refractivity contribution in [1.29, 1.82) is 0 Å². The molecule has 0 aliphatic rings. The molecule has 1 aromatic rings. The summed E-state index contributed by atoms with van der Waals surface area (Å²) in [4.78, 5) is 0. The van der Waals surface area contributed by atoms with Crippen molar-refractivity contribution in [2.45, 2.75) is 64.6 Å². The quantitative estimate of drug-likeness (QED) is 0.615. The topological polar surface area (TPSA) is 55.5 Å². The van der Waals surface area contributed by atoms with Crippen LogP contribution in [0.4, 0.5) is 0 Å². The third-order valence-corrected chi connectivity index (χ3v) is 3.83. The van der Waals surface area contributed by atoms with E-state index in [-0.39, 0.29) is 0 Å². The minimum absolute atomic E-state index is 0.504. The lowest BCUT2D eigenvalue weighted by Gasteiger charge is -2.27. The van der Waals surface area contributed by atoms with Gasteiger partial charge in [-0.1, -0.05) is 51.0 Å². The molecule has 0 amide bonds. The molecular weight excluding hydrogens is 262 g/mol. The molecule has 3 nitrogen and oxygen atoms in total. The highest BCUT2D eigenvalue weighted by molar-refractivity contribution is 5.23.